The normalized spacial score (nSPS) is 28.3. The third-order valence-corrected chi connectivity index (χ3v) is 8.01. The van der Waals surface area contributed by atoms with Gasteiger partial charge in [-0.1, -0.05) is 12.1 Å². The van der Waals surface area contributed by atoms with E-state index in [2.05, 4.69) is 65.1 Å². The average molecular weight is 420 g/mol. The molecule has 164 valence electrons. The maximum atomic E-state index is 5.59. The highest BCUT2D eigenvalue weighted by molar-refractivity contribution is 5.61. The van der Waals surface area contributed by atoms with Gasteiger partial charge in [-0.15, -0.1) is 0 Å². The van der Waals surface area contributed by atoms with Crippen molar-refractivity contribution in [1.82, 2.24) is 4.90 Å². The third kappa shape index (κ3) is 3.25. The fourth-order valence-corrected chi connectivity index (χ4v) is 6.12. The lowest BCUT2D eigenvalue weighted by Crippen LogP contribution is -2.42. The number of rotatable bonds is 2. The van der Waals surface area contributed by atoms with Crippen molar-refractivity contribution in [3.63, 3.8) is 0 Å². The van der Waals surface area contributed by atoms with Crippen LogP contribution in [0.15, 0.2) is 36.4 Å². The molecule has 0 unspecified atom stereocenters. The molecule has 5 nitrogen and oxygen atoms in total. The van der Waals surface area contributed by atoms with Crippen LogP contribution >= 0.6 is 0 Å². The van der Waals surface area contributed by atoms with Gasteiger partial charge in [-0.2, -0.15) is 0 Å². The van der Waals surface area contributed by atoms with E-state index in [0.717, 1.165) is 59.0 Å². The predicted octanol–water partition coefficient (Wildman–Crippen LogP) is 3.42. The molecule has 7 rings (SSSR count). The maximum absolute atomic E-state index is 5.59. The number of ether oxygens (including phenoxy) is 2. The molecule has 4 aliphatic heterocycles. The minimum Gasteiger partial charge on any atom is -0.378 e. The number of benzene rings is 2. The van der Waals surface area contributed by atoms with Gasteiger partial charge in [0.25, 0.3) is 0 Å². The van der Waals surface area contributed by atoms with E-state index in [4.69, 9.17) is 9.47 Å². The van der Waals surface area contributed by atoms with Crippen molar-refractivity contribution in [2.75, 3.05) is 69.5 Å². The van der Waals surface area contributed by atoms with E-state index in [9.17, 15) is 0 Å². The quantitative estimate of drug-likeness (QED) is 0.744. The zero-order valence-electron chi connectivity index (χ0n) is 18.7. The van der Waals surface area contributed by atoms with E-state index in [1.165, 1.54) is 33.6 Å². The molecule has 5 heteroatoms. The van der Waals surface area contributed by atoms with Crippen molar-refractivity contribution in [3.05, 3.63) is 58.7 Å². The van der Waals surface area contributed by atoms with Crippen LogP contribution in [0.1, 0.15) is 41.1 Å². The maximum Gasteiger partial charge on any atom is 0.0642 e. The summed E-state index contributed by atoms with van der Waals surface area (Å²) in [5.41, 5.74) is 8.82. The van der Waals surface area contributed by atoms with Crippen molar-refractivity contribution in [3.8, 4) is 0 Å². The number of anilines is 2. The zero-order valence-corrected chi connectivity index (χ0v) is 18.7. The van der Waals surface area contributed by atoms with E-state index >= 15 is 0 Å². The standard InChI is InChI=1S/C26H33N3O2/c1-18-26-23-16-20(28-7-11-30-12-8-28)4-3-19(23)15-25(27(18)2)22-6-5-21(17-24(22)26)29-9-13-31-14-10-29/h3-6,16-18,25-26H,7-15H2,1-2H3/t18-,25+,26+/m1/s1. The van der Waals surface area contributed by atoms with Crippen molar-refractivity contribution >= 4 is 11.4 Å². The average Bonchev–Trinajstić information content (AvgIpc) is 3.04. The topological polar surface area (TPSA) is 28.2 Å². The van der Waals surface area contributed by atoms with Crippen LogP contribution in [0.5, 0.6) is 0 Å². The molecular weight excluding hydrogens is 386 g/mol. The molecule has 4 heterocycles. The van der Waals surface area contributed by atoms with Crippen LogP contribution in [-0.4, -0.2) is 70.6 Å². The summed E-state index contributed by atoms with van der Waals surface area (Å²) < 4.78 is 11.2. The highest BCUT2D eigenvalue weighted by atomic mass is 16.5. The third-order valence-electron chi connectivity index (χ3n) is 8.01. The molecule has 2 aromatic rings. The van der Waals surface area contributed by atoms with Crippen molar-refractivity contribution in [2.24, 2.45) is 0 Å². The van der Waals surface area contributed by atoms with Gasteiger partial charge in [0.2, 0.25) is 0 Å². The Hall–Kier alpha value is -2.08. The highest BCUT2D eigenvalue weighted by Crippen LogP contribution is 2.50. The minimum atomic E-state index is 0.413. The molecule has 0 N–H and O–H groups in total. The molecule has 2 bridgehead atoms. The van der Waals surface area contributed by atoms with E-state index in [0.29, 0.717) is 18.0 Å². The molecule has 3 atom stereocenters. The molecule has 5 aliphatic rings. The molecular formula is C26H33N3O2. The SMILES string of the molecule is C[C@@H]1[C@H]2c3cc(N4CCOCC4)ccc3C[C@@H](c3ccc(N4CCOCC4)cc32)N1C. The molecule has 2 aromatic carbocycles. The Morgan fingerprint density at radius 1 is 0.742 bits per heavy atom. The fraction of sp³-hybridized carbons (Fsp3) is 0.538. The number of fused-ring (bicyclic) bond motifs is 1. The second-order valence-electron chi connectivity index (χ2n) is 9.50. The largest absolute Gasteiger partial charge is 0.378 e. The molecule has 0 aromatic heterocycles. The second-order valence-corrected chi connectivity index (χ2v) is 9.50. The van der Waals surface area contributed by atoms with Crippen molar-refractivity contribution in [1.29, 1.82) is 0 Å². The van der Waals surface area contributed by atoms with Gasteiger partial charge in [-0.3, -0.25) is 4.90 Å². The second kappa shape index (κ2) is 7.80. The van der Waals surface area contributed by atoms with Crippen molar-refractivity contribution in [2.45, 2.75) is 31.3 Å². The lowest BCUT2D eigenvalue weighted by atomic mass is 9.79. The summed E-state index contributed by atoms with van der Waals surface area (Å²) in [6.07, 6.45) is 1.10. The van der Waals surface area contributed by atoms with Crippen LogP contribution < -0.4 is 9.80 Å². The lowest BCUT2D eigenvalue weighted by molar-refractivity contribution is 0.122. The minimum absolute atomic E-state index is 0.413. The van der Waals surface area contributed by atoms with E-state index in [1.807, 2.05) is 0 Å². The molecule has 0 spiro atoms. The predicted molar refractivity (Wildman–Crippen MR) is 124 cm³/mol. The molecule has 31 heavy (non-hydrogen) atoms. The van der Waals surface area contributed by atoms with Crippen LogP contribution in [-0.2, 0) is 15.9 Å². The molecule has 0 radical (unpaired) electrons. The first kappa shape index (κ1) is 19.6. The Morgan fingerprint density at radius 3 is 1.97 bits per heavy atom. The Morgan fingerprint density at radius 2 is 1.32 bits per heavy atom. The molecule has 0 amide bonds. The first-order valence-electron chi connectivity index (χ1n) is 11.8. The molecule has 0 saturated carbocycles. The van der Waals surface area contributed by atoms with Crippen LogP contribution in [0.25, 0.3) is 0 Å². The number of hydrogen-bond acceptors (Lipinski definition) is 5. The Kier molecular flexibility index (Phi) is 4.93. The van der Waals surface area contributed by atoms with Crippen LogP contribution in [0.2, 0.25) is 0 Å². The van der Waals surface area contributed by atoms with E-state index in [-0.39, 0.29) is 0 Å². The summed E-state index contributed by atoms with van der Waals surface area (Å²) in [5, 5.41) is 0. The highest BCUT2D eigenvalue weighted by Gasteiger charge is 2.42. The Bertz CT molecular complexity index is 965. The van der Waals surface area contributed by atoms with Crippen LogP contribution in [0.3, 0.4) is 0 Å². The van der Waals surface area contributed by atoms with Crippen LogP contribution in [0, 0.1) is 0 Å². The van der Waals surface area contributed by atoms with Gasteiger partial charge in [0.1, 0.15) is 0 Å². The van der Waals surface area contributed by atoms with E-state index in [1.54, 1.807) is 0 Å². The summed E-state index contributed by atoms with van der Waals surface area (Å²) in [7, 11) is 2.32. The fourth-order valence-electron chi connectivity index (χ4n) is 6.12. The number of likely N-dealkylation sites (N-methyl/N-ethyl adjacent to an activating group) is 1. The summed E-state index contributed by atoms with van der Waals surface area (Å²) in [5.74, 6) is 0.413. The number of morpholine rings is 2. The van der Waals surface area contributed by atoms with Gasteiger partial charge in [-0.25, -0.2) is 0 Å². The Labute approximate surface area is 185 Å². The first-order valence-corrected chi connectivity index (χ1v) is 11.8. The van der Waals surface area contributed by atoms with Gasteiger partial charge in [0.05, 0.1) is 26.4 Å². The zero-order chi connectivity index (χ0) is 20.9. The molecule has 1 aliphatic carbocycles. The van der Waals surface area contributed by atoms with Gasteiger partial charge in [0.15, 0.2) is 0 Å². The Balaban J connectivity index is 1.44. The molecule has 2 saturated heterocycles. The summed E-state index contributed by atoms with van der Waals surface area (Å²) in [4.78, 5) is 7.58. The smallest absolute Gasteiger partial charge is 0.0642 e. The molecule has 2 fully saturated rings. The van der Waals surface area contributed by atoms with Gasteiger partial charge in [0, 0.05) is 55.6 Å². The van der Waals surface area contributed by atoms with E-state index < -0.39 is 0 Å². The van der Waals surface area contributed by atoms with Gasteiger partial charge >= 0.3 is 0 Å². The van der Waals surface area contributed by atoms with Crippen LogP contribution in [0.4, 0.5) is 11.4 Å². The van der Waals surface area contributed by atoms with Gasteiger partial charge in [-0.05, 0) is 66.9 Å². The lowest BCUT2D eigenvalue weighted by Gasteiger charge is -2.42. The summed E-state index contributed by atoms with van der Waals surface area (Å²) in [6.45, 7) is 9.67. The monoisotopic (exact) mass is 419 g/mol. The number of hydrogen-bond donors (Lipinski definition) is 0. The summed E-state index contributed by atoms with van der Waals surface area (Å²) in [6, 6.07) is 15.4. The number of nitrogens with zero attached hydrogens (tertiary/aromatic N) is 3. The summed E-state index contributed by atoms with van der Waals surface area (Å²) >= 11 is 0. The van der Waals surface area contributed by atoms with Gasteiger partial charge < -0.3 is 19.3 Å². The van der Waals surface area contributed by atoms with Crippen molar-refractivity contribution < 1.29 is 9.47 Å². The first-order chi connectivity index (χ1) is 15.2.